The van der Waals surface area contributed by atoms with Crippen molar-refractivity contribution in [3.05, 3.63) is 35.9 Å². The van der Waals surface area contributed by atoms with Crippen LogP contribution in [0.15, 0.2) is 30.3 Å². The summed E-state index contributed by atoms with van der Waals surface area (Å²) in [4.78, 5) is 12.2. The van der Waals surface area contributed by atoms with Crippen molar-refractivity contribution in [2.45, 2.75) is 39.5 Å². The molecular weight excluding hydrogens is 236 g/mol. The molecule has 1 rings (SSSR count). The fourth-order valence-corrected chi connectivity index (χ4v) is 2.01. The fraction of sp³-hybridized carbons (Fsp3) is 0.562. The zero-order valence-corrected chi connectivity index (χ0v) is 12.5. The van der Waals surface area contributed by atoms with E-state index in [1.165, 1.54) is 5.56 Å². The van der Waals surface area contributed by atoms with Crippen LogP contribution in [-0.4, -0.2) is 19.0 Å². The Morgan fingerprint density at radius 2 is 1.74 bits per heavy atom. The average molecular weight is 262 g/mol. The number of rotatable bonds is 6. The number of nitrogens with one attached hydrogen (secondary N) is 1. The van der Waals surface area contributed by atoms with Gasteiger partial charge >= 0.3 is 0 Å². The molecule has 0 saturated carbocycles. The van der Waals surface area contributed by atoms with Gasteiger partial charge in [0.1, 0.15) is 0 Å². The summed E-state index contributed by atoms with van der Waals surface area (Å²) in [7, 11) is 0. The highest BCUT2D eigenvalue weighted by Gasteiger charge is 2.28. The van der Waals surface area contributed by atoms with Gasteiger partial charge in [-0.2, -0.15) is 0 Å². The smallest absolute Gasteiger partial charge is 0.225 e. The van der Waals surface area contributed by atoms with Crippen LogP contribution in [0, 0.1) is 5.41 Å². The lowest BCUT2D eigenvalue weighted by Crippen LogP contribution is -2.43. The first kappa shape index (κ1) is 15.7. The summed E-state index contributed by atoms with van der Waals surface area (Å²) in [5.41, 5.74) is 6.30. The largest absolute Gasteiger partial charge is 0.355 e. The maximum atomic E-state index is 12.2. The molecule has 0 aliphatic rings. The lowest BCUT2D eigenvalue weighted by atomic mass is 9.83. The molecule has 1 aromatic rings. The Labute approximate surface area is 116 Å². The summed E-state index contributed by atoms with van der Waals surface area (Å²) in [6.45, 7) is 9.30. The number of hydrogen-bond acceptors (Lipinski definition) is 2. The number of nitrogens with two attached hydrogens (primary N) is 1. The summed E-state index contributed by atoms with van der Waals surface area (Å²) in [5, 5.41) is 3.05. The van der Waals surface area contributed by atoms with Crippen molar-refractivity contribution in [3.8, 4) is 0 Å². The predicted octanol–water partition coefficient (Wildman–Crippen LogP) is 2.46. The second-order valence-electron chi connectivity index (χ2n) is 6.36. The molecule has 0 unspecified atom stereocenters. The van der Waals surface area contributed by atoms with Gasteiger partial charge in [-0.25, -0.2) is 0 Å². The fourth-order valence-electron chi connectivity index (χ4n) is 2.01. The van der Waals surface area contributed by atoms with Gasteiger partial charge in [0.15, 0.2) is 0 Å². The zero-order chi connectivity index (χ0) is 14.5. The Bertz CT molecular complexity index is 410. The van der Waals surface area contributed by atoms with Crippen LogP contribution in [0.2, 0.25) is 0 Å². The van der Waals surface area contributed by atoms with Crippen molar-refractivity contribution in [3.63, 3.8) is 0 Å². The van der Waals surface area contributed by atoms with Gasteiger partial charge in [0.2, 0.25) is 5.91 Å². The van der Waals surface area contributed by atoms with E-state index in [9.17, 15) is 4.79 Å². The van der Waals surface area contributed by atoms with Gasteiger partial charge in [-0.1, -0.05) is 58.0 Å². The minimum atomic E-state index is -0.401. The van der Waals surface area contributed by atoms with Gasteiger partial charge in [-0.15, -0.1) is 0 Å². The van der Waals surface area contributed by atoms with Gasteiger partial charge in [0.05, 0.1) is 0 Å². The number of carbonyl (C=O) groups excluding carboxylic acids is 1. The summed E-state index contributed by atoms with van der Waals surface area (Å²) in [6.07, 6.45) is 0.699. The van der Waals surface area contributed by atoms with Crippen molar-refractivity contribution in [2.75, 3.05) is 13.1 Å². The predicted molar refractivity (Wildman–Crippen MR) is 79.9 cm³/mol. The summed E-state index contributed by atoms with van der Waals surface area (Å²) in [6, 6.07) is 10.2. The summed E-state index contributed by atoms with van der Waals surface area (Å²) < 4.78 is 0. The molecule has 3 N–H and O–H groups in total. The standard InChI is InChI=1S/C16H26N2O/c1-15(2,10-11-17)14(19)18-12-16(3,4)13-8-6-5-7-9-13/h5-9H,10-12,17H2,1-4H3,(H,18,19). The normalized spacial score (nSPS) is 12.3. The highest BCUT2D eigenvalue weighted by atomic mass is 16.2. The maximum absolute atomic E-state index is 12.2. The molecule has 0 heterocycles. The van der Waals surface area contributed by atoms with Crippen LogP contribution >= 0.6 is 0 Å². The third-order valence-corrected chi connectivity index (χ3v) is 3.63. The Balaban J connectivity index is 2.64. The molecule has 3 nitrogen and oxygen atoms in total. The van der Waals surface area contributed by atoms with Crippen LogP contribution in [0.25, 0.3) is 0 Å². The highest BCUT2D eigenvalue weighted by Crippen LogP contribution is 2.24. The van der Waals surface area contributed by atoms with Crippen molar-refractivity contribution < 1.29 is 4.79 Å². The van der Waals surface area contributed by atoms with Crippen LogP contribution in [0.1, 0.15) is 39.7 Å². The van der Waals surface area contributed by atoms with Gasteiger partial charge in [-0.05, 0) is 18.5 Å². The molecule has 0 spiro atoms. The van der Waals surface area contributed by atoms with E-state index < -0.39 is 5.41 Å². The Hall–Kier alpha value is -1.35. The van der Waals surface area contributed by atoms with E-state index in [1.54, 1.807) is 0 Å². The Kier molecular flexibility index (Phi) is 5.12. The molecule has 3 heteroatoms. The van der Waals surface area contributed by atoms with Crippen molar-refractivity contribution in [1.29, 1.82) is 0 Å². The van der Waals surface area contributed by atoms with E-state index >= 15 is 0 Å². The SMILES string of the molecule is CC(C)(CCN)C(=O)NCC(C)(C)c1ccccc1. The number of benzene rings is 1. The van der Waals surface area contributed by atoms with E-state index in [1.807, 2.05) is 32.0 Å². The van der Waals surface area contributed by atoms with E-state index in [0.717, 1.165) is 0 Å². The Morgan fingerprint density at radius 3 is 2.26 bits per heavy atom. The minimum absolute atomic E-state index is 0.0713. The molecule has 0 fully saturated rings. The lowest BCUT2D eigenvalue weighted by Gasteiger charge is -2.29. The van der Waals surface area contributed by atoms with Gasteiger partial charge in [0, 0.05) is 17.4 Å². The molecule has 0 aliphatic heterocycles. The number of carbonyl (C=O) groups is 1. The van der Waals surface area contributed by atoms with Gasteiger partial charge in [-0.3, -0.25) is 4.79 Å². The first-order valence-corrected chi connectivity index (χ1v) is 6.83. The van der Waals surface area contributed by atoms with E-state index in [4.69, 9.17) is 5.73 Å². The molecule has 19 heavy (non-hydrogen) atoms. The summed E-state index contributed by atoms with van der Waals surface area (Å²) >= 11 is 0. The molecule has 0 saturated heterocycles. The molecule has 0 atom stereocenters. The maximum Gasteiger partial charge on any atom is 0.225 e. The first-order valence-electron chi connectivity index (χ1n) is 6.83. The first-order chi connectivity index (χ1) is 8.79. The second-order valence-corrected chi connectivity index (χ2v) is 6.36. The minimum Gasteiger partial charge on any atom is -0.355 e. The second kappa shape index (κ2) is 6.20. The van der Waals surface area contributed by atoms with Crippen molar-refractivity contribution in [2.24, 2.45) is 11.1 Å². The monoisotopic (exact) mass is 262 g/mol. The van der Waals surface area contributed by atoms with Crippen molar-refractivity contribution in [1.82, 2.24) is 5.32 Å². The molecule has 0 aromatic heterocycles. The van der Waals surface area contributed by atoms with Crippen LogP contribution in [-0.2, 0) is 10.2 Å². The Morgan fingerprint density at radius 1 is 1.16 bits per heavy atom. The van der Waals surface area contributed by atoms with Gasteiger partial charge in [0.25, 0.3) is 0 Å². The molecule has 1 amide bonds. The zero-order valence-electron chi connectivity index (χ0n) is 12.5. The molecule has 1 aromatic carbocycles. The van der Waals surface area contributed by atoms with Crippen LogP contribution < -0.4 is 11.1 Å². The number of amides is 1. The number of hydrogen-bond donors (Lipinski definition) is 2. The third-order valence-electron chi connectivity index (χ3n) is 3.63. The molecular formula is C16H26N2O. The lowest BCUT2D eigenvalue weighted by molar-refractivity contribution is -0.129. The summed E-state index contributed by atoms with van der Waals surface area (Å²) in [5.74, 6) is 0.0713. The van der Waals surface area contributed by atoms with Gasteiger partial charge < -0.3 is 11.1 Å². The molecule has 0 aliphatic carbocycles. The quantitative estimate of drug-likeness (QED) is 0.827. The average Bonchev–Trinajstić information content (AvgIpc) is 2.37. The van der Waals surface area contributed by atoms with E-state index in [2.05, 4.69) is 31.3 Å². The topological polar surface area (TPSA) is 55.1 Å². The van der Waals surface area contributed by atoms with E-state index in [-0.39, 0.29) is 11.3 Å². The highest BCUT2D eigenvalue weighted by molar-refractivity contribution is 5.81. The molecule has 0 bridgehead atoms. The van der Waals surface area contributed by atoms with Crippen LogP contribution in [0.5, 0.6) is 0 Å². The molecule has 106 valence electrons. The third kappa shape index (κ3) is 4.35. The van der Waals surface area contributed by atoms with Crippen LogP contribution in [0.4, 0.5) is 0 Å². The van der Waals surface area contributed by atoms with E-state index in [0.29, 0.717) is 19.5 Å². The molecule has 0 radical (unpaired) electrons. The van der Waals surface area contributed by atoms with Crippen LogP contribution in [0.3, 0.4) is 0 Å². The van der Waals surface area contributed by atoms with Crippen molar-refractivity contribution >= 4 is 5.91 Å².